The zero-order valence-corrected chi connectivity index (χ0v) is 26.0. The van der Waals surface area contributed by atoms with Crippen LogP contribution in [0.25, 0.3) is 11.4 Å². The van der Waals surface area contributed by atoms with Gasteiger partial charge in [0, 0.05) is 5.56 Å². The second-order valence-electron chi connectivity index (χ2n) is 10.4. The fourth-order valence-electron chi connectivity index (χ4n) is 3.67. The molecule has 0 aliphatic heterocycles. The van der Waals surface area contributed by atoms with Crippen LogP contribution in [0.15, 0.2) is 78.9 Å². The Morgan fingerprint density at radius 3 is 2.02 bits per heavy atom. The number of rotatable bonds is 11. The number of aliphatic hydroxyl groups excluding tert-OH is 2. The van der Waals surface area contributed by atoms with E-state index in [1.54, 1.807) is 48.5 Å². The minimum absolute atomic E-state index is 0.0645. The number of aliphatic hydroxyl groups is 2. The highest BCUT2D eigenvalue weighted by atomic mass is 32.2. The Bertz CT molecular complexity index is 1600. The number of anilines is 1. The van der Waals surface area contributed by atoms with Gasteiger partial charge in [0.25, 0.3) is 16.1 Å². The predicted octanol–water partition coefficient (Wildman–Crippen LogP) is 4.28. The van der Waals surface area contributed by atoms with E-state index in [1.165, 1.54) is 19.8 Å². The Hall–Kier alpha value is -4.43. The maximum Gasteiger partial charge on any atom is 0.297 e. The van der Waals surface area contributed by atoms with Gasteiger partial charge in [-0.3, -0.25) is 4.72 Å². The molecule has 0 saturated heterocycles. The van der Waals surface area contributed by atoms with Crippen molar-refractivity contribution in [2.75, 3.05) is 32.2 Å². The Balaban J connectivity index is 0.000000448. The maximum absolute atomic E-state index is 11.9. The van der Waals surface area contributed by atoms with Gasteiger partial charge in [-0.15, -0.1) is 0 Å². The highest BCUT2D eigenvalue weighted by molar-refractivity contribution is 7.90. The molecule has 1 atom stereocenters. The minimum atomic E-state index is -4.29. The fraction of sp³-hybridized carbons (Fsp3) is 0.290. The lowest BCUT2D eigenvalue weighted by molar-refractivity contribution is 0.0513. The van der Waals surface area contributed by atoms with Gasteiger partial charge in [-0.25, -0.2) is 10.1 Å². The molecule has 0 aliphatic rings. The molecular weight excluding hydrogens is 588 g/mol. The third kappa shape index (κ3) is 10.1. The van der Waals surface area contributed by atoms with E-state index in [4.69, 9.17) is 29.2 Å². The summed E-state index contributed by atoms with van der Waals surface area (Å²) >= 11 is 0. The smallest absolute Gasteiger partial charge is 0.297 e. The van der Waals surface area contributed by atoms with Gasteiger partial charge in [-0.2, -0.15) is 13.4 Å². The number of para-hydroxylation sites is 2. The van der Waals surface area contributed by atoms with E-state index in [0.29, 0.717) is 22.5 Å². The molecule has 4 rings (SSSR count). The van der Waals surface area contributed by atoms with Crippen LogP contribution < -0.4 is 28.8 Å². The lowest BCUT2D eigenvalue weighted by atomic mass is 9.87. The molecule has 0 unspecified atom stereocenters. The van der Waals surface area contributed by atoms with Gasteiger partial charge in [0.15, 0.2) is 23.1 Å². The van der Waals surface area contributed by atoms with Crippen molar-refractivity contribution in [1.29, 1.82) is 0 Å². The van der Waals surface area contributed by atoms with E-state index in [1.807, 2.05) is 0 Å². The van der Waals surface area contributed by atoms with Gasteiger partial charge in [0.1, 0.15) is 18.5 Å². The number of aromatic nitrogens is 2. The normalized spacial score (nSPS) is 11.9. The highest BCUT2D eigenvalue weighted by Crippen LogP contribution is 2.41. The molecule has 5 N–H and O–H groups in total. The maximum atomic E-state index is 11.9. The summed E-state index contributed by atoms with van der Waals surface area (Å²) in [5.74, 6) is 0.425. The summed E-state index contributed by atoms with van der Waals surface area (Å²) in [5.41, 5.74) is 2.19. The second-order valence-corrected chi connectivity index (χ2v) is 11.7. The largest absolute Gasteiger partial charge is 0.497 e. The molecule has 0 spiro atoms. The summed E-state index contributed by atoms with van der Waals surface area (Å²) in [4.78, 5) is 8.60. The number of nitrogens with zero attached hydrogens (tertiary/aromatic N) is 2. The Morgan fingerprint density at radius 2 is 1.50 bits per heavy atom. The molecule has 0 bridgehead atoms. The average Bonchev–Trinajstić information content (AvgIpc) is 3.00. The highest BCUT2D eigenvalue weighted by Gasteiger charge is 2.24. The van der Waals surface area contributed by atoms with Crippen LogP contribution in [0.2, 0.25) is 0 Å². The molecule has 4 aromatic rings. The van der Waals surface area contributed by atoms with Crippen molar-refractivity contribution in [3.8, 4) is 40.3 Å². The van der Waals surface area contributed by atoms with Crippen LogP contribution >= 0.6 is 0 Å². The van der Waals surface area contributed by atoms with Gasteiger partial charge in [0.2, 0.25) is 5.75 Å². The standard InChI is InChI=1S/C21H24N4O8S.C10H14/c1-30-15-9-7-13(8-10-15)19-23-20(25-34(22,28)29)18(21(24-19)32-12-14(27)11-26)33-17-6-4-3-5-16(17)31-2;1-10(2,3)9-7-5-4-6-8-9/h3-10,14,26-27H,11-12H2,1-2H3,(H2,22,28,29)(H,23,24,25);4-8H,1-3H3/t14-;/m1./s1. The summed E-state index contributed by atoms with van der Waals surface area (Å²) in [6.07, 6.45) is -1.23. The van der Waals surface area contributed by atoms with Crippen molar-refractivity contribution in [2.24, 2.45) is 5.14 Å². The predicted molar refractivity (Wildman–Crippen MR) is 168 cm³/mol. The van der Waals surface area contributed by atoms with Crippen LogP contribution in [-0.4, -0.2) is 62.1 Å². The van der Waals surface area contributed by atoms with Crippen molar-refractivity contribution in [2.45, 2.75) is 32.3 Å². The number of hydrogen-bond donors (Lipinski definition) is 4. The molecule has 12 nitrogen and oxygen atoms in total. The van der Waals surface area contributed by atoms with E-state index < -0.39 is 22.9 Å². The first kappa shape index (κ1) is 34.1. The van der Waals surface area contributed by atoms with Crippen LogP contribution in [0, 0.1) is 0 Å². The van der Waals surface area contributed by atoms with Crippen molar-refractivity contribution < 1.29 is 37.6 Å². The molecular formula is C31H38N4O8S. The van der Waals surface area contributed by atoms with E-state index in [9.17, 15) is 13.5 Å². The molecule has 0 saturated carbocycles. The molecule has 236 valence electrons. The van der Waals surface area contributed by atoms with Crippen molar-refractivity contribution in [3.05, 3.63) is 84.4 Å². The summed E-state index contributed by atoms with van der Waals surface area (Å²) in [6.45, 7) is 5.74. The lowest BCUT2D eigenvalue weighted by Gasteiger charge is -2.18. The molecule has 13 heteroatoms. The number of nitrogens with one attached hydrogen (secondary N) is 1. The Kier molecular flexibility index (Phi) is 11.9. The fourth-order valence-corrected chi connectivity index (χ4v) is 4.08. The van der Waals surface area contributed by atoms with E-state index in [0.717, 1.165) is 0 Å². The molecule has 0 aliphatic carbocycles. The van der Waals surface area contributed by atoms with Gasteiger partial charge >= 0.3 is 0 Å². The first-order valence-electron chi connectivity index (χ1n) is 13.5. The Labute approximate surface area is 257 Å². The summed E-state index contributed by atoms with van der Waals surface area (Å²) in [7, 11) is -1.34. The van der Waals surface area contributed by atoms with E-state index in [-0.39, 0.29) is 35.6 Å². The van der Waals surface area contributed by atoms with E-state index in [2.05, 4.69) is 65.8 Å². The molecule has 3 aromatic carbocycles. The molecule has 0 amide bonds. The van der Waals surface area contributed by atoms with Crippen LogP contribution in [0.4, 0.5) is 5.82 Å². The first-order valence-corrected chi connectivity index (χ1v) is 15.0. The third-order valence-electron chi connectivity index (χ3n) is 5.97. The zero-order chi connectivity index (χ0) is 32.3. The minimum Gasteiger partial charge on any atom is -0.497 e. The lowest BCUT2D eigenvalue weighted by Crippen LogP contribution is -2.24. The summed E-state index contributed by atoms with van der Waals surface area (Å²) in [6, 6.07) is 23.8. The molecule has 0 radical (unpaired) electrons. The third-order valence-corrected chi connectivity index (χ3v) is 6.44. The van der Waals surface area contributed by atoms with Gasteiger partial charge < -0.3 is 29.2 Å². The number of nitrogens with two attached hydrogens (primary N) is 1. The summed E-state index contributed by atoms with van der Waals surface area (Å²) in [5, 5.41) is 24.1. The average molecular weight is 627 g/mol. The summed E-state index contributed by atoms with van der Waals surface area (Å²) < 4.78 is 47.7. The topological polar surface area (TPSA) is 175 Å². The van der Waals surface area contributed by atoms with Crippen LogP contribution in [0.5, 0.6) is 28.9 Å². The molecule has 1 heterocycles. The Morgan fingerprint density at radius 1 is 0.886 bits per heavy atom. The number of hydrogen-bond acceptors (Lipinski definition) is 10. The monoisotopic (exact) mass is 626 g/mol. The van der Waals surface area contributed by atoms with Crippen molar-refractivity contribution in [3.63, 3.8) is 0 Å². The number of methoxy groups -OCH3 is 2. The first-order chi connectivity index (χ1) is 20.8. The van der Waals surface area contributed by atoms with Gasteiger partial charge in [-0.05, 0) is 47.4 Å². The van der Waals surface area contributed by atoms with Gasteiger partial charge in [0.05, 0.1) is 20.8 Å². The van der Waals surface area contributed by atoms with Crippen molar-refractivity contribution >= 4 is 16.0 Å². The van der Waals surface area contributed by atoms with Crippen LogP contribution in [-0.2, 0) is 15.6 Å². The van der Waals surface area contributed by atoms with Crippen LogP contribution in [0.3, 0.4) is 0 Å². The van der Waals surface area contributed by atoms with Gasteiger partial charge in [-0.1, -0.05) is 63.2 Å². The number of ether oxygens (including phenoxy) is 4. The SMILES string of the molecule is CC(C)(C)c1ccccc1.COc1ccc(-c2nc(NS(N)(=O)=O)c(Oc3ccccc3OC)c(OC[C@H](O)CO)n2)cc1. The van der Waals surface area contributed by atoms with Crippen LogP contribution in [0.1, 0.15) is 26.3 Å². The van der Waals surface area contributed by atoms with E-state index >= 15 is 0 Å². The quantitative estimate of drug-likeness (QED) is 0.188. The molecule has 1 aromatic heterocycles. The molecule has 0 fully saturated rings. The van der Waals surface area contributed by atoms with Crippen molar-refractivity contribution in [1.82, 2.24) is 9.97 Å². The zero-order valence-electron chi connectivity index (χ0n) is 25.2. The second kappa shape index (κ2) is 15.3. The number of benzene rings is 3. The molecule has 44 heavy (non-hydrogen) atoms.